The largest absolute Gasteiger partial charge is 0.490 e. The maximum Gasteiger partial charge on any atom is 0.490 e. The van der Waals surface area contributed by atoms with Gasteiger partial charge in [0.1, 0.15) is 66.8 Å². The highest BCUT2D eigenvalue weighted by molar-refractivity contribution is 8.07. The number of nitrogen functional groups attached to an aromatic ring is 3. The van der Waals surface area contributed by atoms with Gasteiger partial charge < -0.3 is 80.7 Å². The van der Waals surface area contributed by atoms with Crippen molar-refractivity contribution in [3.05, 3.63) is 46.0 Å². The Morgan fingerprint density at radius 3 is 1.96 bits per heavy atom. The van der Waals surface area contributed by atoms with Gasteiger partial charge in [0, 0.05) is 7.11 Å². The number of hydrogen-bond acceptors (Lipinski definition) is 29. The SMILES string of the molecule is CO[C@@H]1[C@H](OP(O)(=S)OC[C@H]2O[C@@H](n3cnc4c(=O)[nH]c(N)nc43)[C@H](O)[C@@H]2O)[C@@H](COP(=O)(O)OP(=O)(O)OP(=O)(O)OC[C@H]2O[C@@H]([n+]3cn(C)c4c(=O)[nH]c(N)nc43)[C@H](O)[C@@H]2O)O[C@H]1n1cnc2c(N)ncnc21. The Labute approximate surface area is 420 Å². The molecule has 410 valence electrons. The van der Waals surface area contributed by atoms with Gasteiger partial charge in [-0.05, 0) is 11.8 Å². The van der Waals surface area contributed by atoms with Crippen molar-refractivity contribution in [2.75, 3.05) is 44.1 Å². The molecular formula is C32H44N15O23P4S+. The number of aromatic amines is 2. The zero-order chi connectivity index (χ0) is 54.3. The first-order valence-corrected chi connectivity index (χ1v) is 28.2. The number of aliphatic hydroxyl groups excluding tert-OH is 4. The third-order valence-corrected chi connectivity index (χ3v) is 17.4. The summed E-state index contributed by atoms with van der Waals surface area (Å²) in [5, 5.41) is 43.3. The van der Waals surface area contributed by atoms with Crippen molar-refractivity contribution < 1.29 is 104 Å². The highest BCUT2D eigenvalue weighted by atomic mass is 32.5. The number of phosphoric acid groups is 3. The van der Waals surface area contributed by atoms with Gasteiger partial charge >= 0.3 is 35.8 Å². The number of aromatic nitrogens is 12. The van der Waals surface area contributed by atoms with Crippen molar-refractivity contribution in [2.45, 2.75) is 73.6 Å². The van der Waals surface area contributed by atoms with E-state index in [-0.39, 0.29) is 51.2 Å². The van der Waals surface area contributed by atoms with E-state index >= 15 is 0 Å². The fourth-order valence-electron chi connectivity index (χ4n) is 8.29. The molecule has 6 aromatic rings. The van der Waals surface area contributed by atoms with E-state index in [1.165, 1.54) is 28.8 Å². The van der Waals surface area contributed by atoms with Crippen LogP contribution in [-0.4, -0.2) is 175 Å². The highest BCUT2D eigenvalue weighted by Crippen LogP contribution is 2.68. The van der Waals surface area contributed by atoms with Crippen LogP contribution in [0.25, 0.3) is 33.5 Å². The van der Waals surface area contributed by atoms with Crippen LogP contribution in [0.15, 0.2) is 34.9 Å². The third kappa shape index (κ3) is 11.1. The molecule has 16 N–H and O–H groups in total. The number of ether oxygens (including phenoxy) is 4. The number of aryl methyl sites for hydroxylation is 1. The molecular weight excluding hydrogens is 1120 g/mol. The summed E-state index contributed by atoms with van der Waals surface area (Å²) >= 11 is 5.28. The number of imidazole rings is 3. The molecule has 16 atom stereocenters. The molecule has 0 spiro atoms. The number of phosphoric ester groups is 2. The van der Waals surface area contributed by atoms with Crippen LogP contribution in [0.5, 0.6) is 0 Å². The van der Waals surface area contributed by atoms with Gasteiger partial charge in [-0.1, -0.05) is 4.98 Å². The molecule has 3 aliphatic heterocycles. The van der Waals surface area contributed by atoms with Crippen LogP contribution >= 0.6 is 30.2 Å². The van der Waals surface area contributed by atoms with E-state index in [2.05, 4.69) is 48.5 Å². The lowest BCUT2D eigenvalue weighted by Crippen LogP contribution is -2.46. The first kappa shape index (κ1) is 55.0. The number of rotatable bonds is 19. The fraction of sp³-hybridized carbons (Fsp3) is 0.531. The van der Waals surface area contributed by atoms with E-state index in [1.54, 1.807) is 0 Å². The van der Waals surface area contributed by atoms with Gasteiger partial charge in [0.25, 0.3) is 17.1 Å². The Bertz CT molecular complexity index is 3470. The first-order valence-electron chi connectivity index (χ1n) is 21.2. The molecule has 0 bridgehead atoms. The van der Waals surface area contributed by atoms with E-state index in [1.807, 2.05) is 0 Å². The van der Waals surface area contributed by atoms with E-state index in [4.69, 9.17) is 66.1 Å². The molecule has 4 unspecified atom stereocenters. The first-order chi connectivity index (χ1) is 35.2. The number of hydrogen-bond donors (Lipinski definition) is 13. The molecule has 3 saturated heterocycles. The van der Waals surface area contributed by atoms with Crippen LogP contribution in [0.1, 0.15) is 18.7 Å². The van der Waals surface area contributed by atoms with Crippen molar-refractivity contribution in [3.63, 3.8) is 0 Å². The minimum Gasteiger partial charge on any atom is -0.387 e. The molecule has 9 heterocycles. The fourth-order valence-corrected chi connectivity index (χ4v) is 13.3. The molecule has 6 aromatic heterocycles. The van der Waals surface area contributed by atoms with Crippen molar-refractivity contribution in [2.24, 2.45) is 7.05 Å². The summed E-state index contributed by atoms with van der Waals surface area (Å²) in [6.45, 7) is -7.70. The molecule has 3 aliphatic rings. The zero-order valence-electron chi connectivity index (χ0n) is 38.0. The van der Waals surface area contributed by atoms with Crippen molar-refractivity contribution >= 4 is 93.2 Å². The van der Waals surface area contributed by atoms with Gasteiger partial charge in [0.15, 0.2) is 41.4 Å². The number of anilines is 3. The van der Waals surface area contributed by atoms with Crippen LogP contribution in [-0.2, 0) is 78.2 Å². The second-order valence-electron chi connectivity index (χ2n) is 16.5. The van der Waals surface area contributed by atoms with Gasteiger partial charge in [-0.25, -0.2) is 38.2 Å². The minimum atomic E-state index is -6.17. The molecule has 75 heavy (non-hydrogen) atoms. The molecule has 43 heteroatoms. The Hall–Kier alpha value is -4.73. The average molecular weight is 1160 g/mol. The summed E-state index contributed by atoms with van der Waals surface area (Å²) in [5.41, 5.74) is 15.7. The molecule has 0 aliphatic carbocycles. The third-order valence-electron chi connectivity index (χ3n) is 11.6. The lowest BCUT2D eigenvalue weighted by atomic mass is 10.1. The maximum atomic E-state index is 13.2. The monoisotopic (exact) mass is 1160 g/mol. The molecule has 3 fully saturated rings. The molecule has 0 aromatic carbocycles. The van der Waals surface area contributed by atoms with E-state index in [0.29, 0.717) is 0 Å². The molecule has 0 radical (unpaired) electrons. The Balaban J connectivity index is 0.862. The topological polar surface area (TPSA) is 545 Å². The summed E-state index contributed by atoms with van der Waals surface area (Å²) in [5.74, 6) is -0.648. The van der Waals surface area contributed by atoms with Crippen LogP contribution < -0.4 is 32.9 Å². The molecule has 0 amide bonds. The Morgan fingerprint density at radius 2 is 1.28 bits per heavy atom. The van der Waals surface area contributed by atoms with Crippen molar-refractivity contribution in [3.8, 4) is 0 Å². The maximum absolute atomic E-state index is 13.2. The van der Waals surface area contributed by atoms with Gasteiger partial charge in [-0.15, -0.1) is 0 Å². The number of H-pyrrole nitrogens is 2. The molecule has 38 nitrogen and oxygen atoms in total. The average Bonchev–Trinajstić information content (AvgIpc) is 4.17. The van der Waals surface area contributed by atoms with E-state index < -0.39 is 135 Å². The van der Waals surface area contributed by atoms with Gasteiger partial charge in [0.05, 0.1) is 39.5 Å². The molecule has 9 rings (SSSR count). The number of aliphatic hydroxyl groups is 4. The van der Waals surface area contributed by atoms with E-state index in [0.717, 1.165) is 28.9 Å². The summed E-state index contributed by atoms with van der Waals surface area (Å²) in [6.07, 6.45) is -14.7. The van der Waals surface area contributed by atoms with Gasteiger partial charge in [-0.2, -0.15) is 13.6 Å². The molecule has 0 saturated carbocycles. The standard InChI is InChI=1S/C32H43N15O23P4S/c1-44-9-47(25-15(44)27(53)43-32(35)41-25)29-19(51)16(48)10(66-29)3-62-71(54,55)69-73(58,59)70-72(56,57)63-5-12-20(21(61-2)30(67-12)45-7-38-13-22(33)36-6-37-23(13)45)68-74(60,75)64-4-11-17(49)18(50)28(65-11)46-8-39-14-24(46)40-31(34)42-26(14)52/h6-12,16-21,28-30,48-51H,3-5H2,1-2H3,(H11-,33,34,35,36,37,40,41,42,43,52,53,54,55,56,57,58,59,60,75)/p+1/t10-,11-,12-,16-,17-,18-,19-,20-,21-,28-,29-,30-,74?/m1/s1. The van der Waals surface area contributed by atoms with Crippen LogP contribution in [0.4, 0.5) is 17.7 Å². The second kappa shape index (κ2) is 20.6. The minimum absolute atomic E-state index is 0.0158. The zero-order valence-corrected chi connectivity index (χ0v) is 42.4. The number of nitrogens with two attached hydrogens (primary N) is 3. The van der Waals surface area contributed by atoms with Gasteiger partial charge in [0.2, 0.25) is 17.7 Å². The van der Waals surface area contributed by atoms with Crippen molar-refractivity contribution in [1.82, 2.24) is 53.6 Å². The smallest absolute Gasteiger partial charge is 0.387 e. The number of methoxy groups -OCH3 is 1. The number of nitrogens with zero attached hydrogens (tertiary/aromatic N) is 10. The summed E-state index contributed by atoms with van der Waals surface area (Å²) in [4.78, 5) is 96.3. The second-order valence-corrected chi connectivity index (χ2v) is 23.9. The number of nitrogens with one attached hydrogen (secondary N) is 2. The van der Waals surface area contributed by atoms with Crippen LogP contribution in [0.3, 0.4) is 0 Å². The Kier molecular flexibility index (Phi) is 15.1. The predicted molar refractivity (Wildman–Crippen MR) is 246 cm³/mol. The normalized spacial score (nSPS) is 30.5. The predicted octanol–water partition coefficient (Wildman–Crippen LogP) is -4.59. The number of fused-ring (bicyclic) bond motifs is 3. The summed E-state index contributed by atoms with van der Waals surface area (Å²) < 4.78 is 96.5. The highest BCUT2D eigenvalue weighted by Gasteiger charge is 2.53. The van der Waals surface area contributed by atoms with Crippen LogP contribution in [0.2, 0.25) is 0 Å². The van der Waals surface area contributed by atoms with E-state index in [9.17, 15) is 63.3 Å². The summed E-state index contributed by atoms with van der Waals surface area (Å²) in [7, 11) is -15.3. The summed E-state index contributed by atoms with van der Waals surface area (Å²) in [6, 6.07) is 0. The Morgan fingerprint density at radius 1 is 0.707 bits per heavy atom. The quantitative estimate of drug-likeness (QED) is 0.0268. The van der Waals surface area contributed by atoms with Crippen LogP contribution in [0, 0.1) is 0 Å². The lowest BCUT2D eigenvalue weighted by Gasteiger charge is -2.28. The lowest BCUT2D eigenvalue weighted by molar-refractivity contribution is -0.745. The van der Waals surface area contributed by atoms with Crippen molar-refractivity contribution in [1.29, 1.82) is 0 Å². The van der Waals surface area contributed by atoms with Gasteiger partial charge in [-0.3, -0.25) is 46.8 Å².